The zero-order valence-electron chi connectivity index (χ0n) is 23.7. The normalized spacial score (nSPS) is 20.5. The number of piperazine rings is 1. The first-order valence-corrected chi connectivity index (χ1v) is 15.0. The van der Waals surface area contributed by atoms with Gasteiger partial charge >= 0.3 is 0 Å². The van der Waals surface area contributed by atoms with Gasteiger partial charge in [0, 0.05) is 49.6 Å². The van der Waals surface area contributed by atoms with Crippen molar-refractivity contribution in [1.29, 1.82) is 0 Å². The van der Waals surface area contributed by atoms with Crippen LogP contribution in [0.5, 0.6) is 0 Å². The second kappa shape index (κ2) is 11.4. The van der Waals surface area contributed by atoms with Gasteiger partial charge in [-0.25, -0.2) is 4.39 Å². The molecule has 0 spiro atoms. The molecular formula is C33H33Cl2FN4O2. The first kappa shape index (κ1) is 28.7. The molecule has 1 aliphatic carbocycles. The minimum absolute atomic E-state index is 0.0170. The lowest BCUT2D eigenvalue weighted by molar-refractivity contribution is -0.120. The van der Waals surface area contributed by atoms with Crippen LogP contribution in [-0.2, 0) is 9.59 Å². The van der Waals surface area contributed by atoms with Gasteiger partial charge in [-0.1, -0.05) is 55.2 Å². The summed E-state index contributed by atoms with van der Waals surface area (Å²) in [6.07, 6.45) is 1.06. The van der Waals surface area contributed by atoms with Crippen molar-refractivity contribution in [3.05, 3.63) is 99.4 Å². The number of Topliss-reactive ketones (excluding diaryl/α,β-unsaturated/α-hetero) is 1. The van der Waals surface area contributed by atoms with Crippen molar-refractivity contribution in [2.24, 2.45) is 5.41 Å². The van der Waals surface area contributed by atoms with Crippen molar-refractivity contribution < 1.29 is 14.0 Å². The number of rotatable bonds is 4. The van der Waals surface area contributed by atoms with Crippen molar-refractivity contribution in [2.45, 2.75) is 32.7 Å². The summed E-state index contributed by atoms with van der Waals surface area (Å²) in [7, 11) is 0. The minimum atomic E-state index is -0.664. The number of hydrogen-bond acceptors (Lipinski definition) is 5. The standard InChI is InChI=1S/C33H33Cl2FN4O2/c1-33(2)18-27-31(29(41)19-33)32(21-7-12-24(34)25(35)17-21)40(28-6-4-3-5-26(28)37-27)30(42)20-38-13-15-39(16-14-38)23-10-8-22(36)9-11-23/h3-12,17,32,37H,13-16,18-20H2,1-2H3/t32-/m0/s1. The highest BCUT2D eigenvalue weighted by Crippen LogP contribution is 2.48. The predicted molar refractivity (Wildman–Crippen MR) is 167 cm³/mol. The van der Waals surface area contributed by atoms with Crippen molar-refractivity contribution >= 4 is 52.0 Å². The number of nitrogens with zero attached hydrogens (tertiary/aromatic N) is 3. The average Bonchev–Trinajstić information content (AvgIpc) is 3.09. The van der Waals surface area contributed by atoms with Crippen molar-refractivity contribution in [3.63, 3.8) is 0 Å². The monoisotopic (exact) mass is 606 g/mol. The third-order valence-corrected chi connectivity index (χ3v) is 9.09. The van der Waals surface area contributed by atoms with Crippen LogP contribution in [0.4, 0.5) is 21.5 Å². The van der Waals surface area contributed by atoms with Crippen LogP contribution in [0.25, 0.3) is 0 Å². The molecule has 3 aliphatic rings. The van der Waals surface area contributed by atoms with Gasteiger partial charge in [0.05, 0.1) is 34.0 Å². The quantitative estimate of drug-likeness (QED) is 0.343. The van der Waals surface area contributed by atoms with Crippen LogP contribution in [0.3, 0.4) is 0 Å². The lowest BCUT2D eigenvalue weighted by Gasteiger charge is -2.39. The lowest BCUT2D eigenvalue weighted by Crippen LogP contribution is -2.51. The van der Waals surface area contributed by atoms with E-state index in [1.807, 2.05) is 30.3 Å². The molecule has 1 atom stereocenters. The fraction of sp³-hybridized carbons (Fsp3) is 0.333. The Kier molecular flexibility index (Phi) is 7.77. The maximum absolute atomic E-state index is 14.4. The number of anilines is 3. The molecule has 0 aromatic heterocycles. The Balaban J connectivity index is 1.36. The maximum Gasteiger partial charge on any atom is 0.242 e. The van der Waals surface area contributed by atoms with E-state index in [0.29, 0.717) is 47.2 Å². The number of para-hydroxylation sites is 2. The number of carbonyl (C=O) groups excluding carboxylic acids is 2. The summed E-state index contributed by atoms with van der Waals surface area (Å²) in [4.78, 5) is 34.4. The number of ketones is 1. The molecule has 2 aliphatic heterocycles. The van der Waals surface area contributed by atoms with Crippen LogP contribution >= 0.6 is 23.2 Å². The summed E-state index contributed by atoms with van der Waals surface area (Å²) < 4.78 is 13.4. The predicted octanol–water partition coefficient (Wildman–Crippen LogP) is 7.10. The third-order valence-electron chi connectivity index (χ3n) is 8.35. The molecule has 6 nitrogen and oxygen atoms in total. The van der Waals surface area contributed by atoms with E-state index in [9.17, 15) is 14.0 Å². The number of allylic oxidation sites excluding steroid dienone is 1. The number of benzene rings is 3. The summed E-state index contributed by atoms with van der Waals surface area (Å²) in [6.45, 7) is 7.16. The Morgan fingerprint density at radius 2 is 1.67 bits per heavy atom. The van der Waals surface area contributed by atoms with Gasteiger partial charge in [0.1, 0.15) is 5.82 Å². The topological polar surface area (TPSA) is 55.9 Å². The smallest absolute Gasteiger partial charge is 0.242 e. The highest BCUT2D eigenvalue weighted by Gasteiger charge is 2.43. The van der Waals surface area contributed by atoms with E-state index in [0.717, 1.165) is 35.7 Å². The van der Waals surface area contributed by atoms with Crippen LogP contribution in [0.15, 0.2) is 78.0 Å². The van der Waals surface area contributed by atoms with Gasteiger partial charge in [-0.05, 0) is 65.9 Å². The van der Waals surface area contributed by atoms with Gasteiger partial charge in [-0.15, -0.1) is 0 Å². The summed E-state index contributed by atoms with van der Waals surface area (Å²) in [6, 6.07) is 18.9. The van der Waals surface area contributed by atoms with Crippen molar-refractivity contribution in [1.82, 2.24) is 4.90 Å². The average molecular weight is 608 g/mol. The molecule has 0 radical (unpaired) electrons. The molecule has 9 heteroatoms. The molecule has 1 N–H and O–H groups in total. The summed E-state index contributed by atoms with van der Waals surface area (Å²) >= 11 is 12.8. The Morgan fingerprint density at radius 3 is 2.38 bits per heavy atom. The third kappa shape index (κ3) is 5.65. The number of halogens is 3. The summed E-state index contributed by atoms with van der Waals surface area (Å²) in [5.74, 6) is -0.352. The Labute approximate surface area is 255 Å². The Morgan fingerprint density at radius 1 is 0.952 bits per heavy atom. The molecule has 2 heterocycles. The summed E-state index contributed by atoms with van der Waals surface area (Å²) in [5, 5.41) is 4.33. The van der Waals surface area contributed by atoms with Crippen molar-refractivity contribution in [2.75, 3.05) is 47.8 Å². The van der Waals surface area contributed by atoms with Gasteiger partial charge in [-0.3, -0.25) is 19.4 Å². The van der Waals surface area contributed by atoms with E-state index < -0.39 is 6.04 Å². The van der Waals surface area contributed by atoms with Gasteiger partial charge in [-0.2, -0.15) is 0 Å². The molecule has 3 aromatic rings. The maximum atomic E-state index is 14.4. The zero-order chi connectivity index (χ0) is 29.6. The molecule has 6 rings (SSSR count). The fourth-order valence-corrected chi connectivity index (χ4v) is 6.65. The minimum Gasteiger partial charge on any atom is -0.369 e. The highest BCUT2D eigenvalue weighted by atomic mass is 35.5. The van der Waals surface area contributed by atoms with Crippen LogP contribution < -0.4 is 15.1 Å². The molecule has 0 unspecified atom stereocenters. The van der Waals surface area contributed by atoms with Crippen LogP contribution in [0.2, 0.25) is 10.0 Å². The molecule has 1 amide bonds. The Bertz CT molecular complexity index is 1560. The lowest BCUT2D eigenvalue weighted by atomic mass is 9.73. The molecule has 0 saturated carbocycles. The second-order valence-corrected chi connectivity index (χ2v) is 12.9. The number of carbonyl (C=O) groups is 2. The SMILES string of the molecule is CC1(C)CC(=O)C2=C(C1)Nc1ccccc1N(C(=O)CN1CCN(c3ccc(F)cc3)CC1)[C@H]2c1ccc(Cl)c(Cl)c1. The number of fused-ring (bicyclic) bond motifs is 1. The number of amides is 1. The van der Waals surface area contributed by atoms with Gasteiger partial charge < -0.3 is 10.2 Å². The molecule has 3 aromatic carbocycles. The van der Waals surface area contributed by atoms with Gasteiger partial charge in [0.15, 0.2) is 5.78 Å². The van der Waals surface area contributed by atoms with E-state index in [-0.39, 0.29) is 29.5 Å². The second-order valence-electron chi connectivity index (χ2n) is 12.1. The van der Waals surface area contributed by atoms with E-state index in [4.69, 9.17) is 23.2 Å². The van der Waals surface area contributed by atoms with Crippen LogP contribution in [0.1, 0.15) is 38.3 Å². The van der Waals surface area contributed by atoms with E-state index in [2.05, 4.69) is 29.0 Å². The van der Waals surface area contributed by atoms with Crippen LogP contribution in [0, 0.1) is 11.2 Å². The molecule has 42 heavy (non-hydrogen) atoms. The van der Waals surface area contributed by atoms with Crippen molar-refractivity contribution in [3.8, 4) is 0 Å². The van der Waals surface area contributed by atoms with E-state index in [1.54, 1.807) is 29.2 Å². The Hall–Kier alpha value is -3.39. The molecular weight excluding hydrogens is 574 g/mol. The number of hydrogen-bond donors (Lipinski definition) is 1. The largest absolute Gasteiger partial charge is 0.369 e. The first-order valence-electron chi connectivity index (χ1n) is 14.2. The first-order chi connectivity index (χ1) is 20.1. The molecule has 218 valence electrons. The van der Waals surface area contributed by atoms with Gasteiger partial charge in [0.2, 0.25) is 5.91 Å². The number of nitrogens with one attached hydrogen (secondary N) is 1. The van der Waals surface area contributed by atoms with E-state index >= 15 is 0 Å². The summed E-state index contributed by atoms with van der Waals surface area (Å²) in [5.41, 5.74) is 4.41. The van der Waals surface area contributed by atoms with E-state index in [1.165, 1.54) is 12.1 Å². The zero-order valence-corrected chi connectivity index (χ0v) is 25.2. The van der Waals surface area contributed by atoms with Gasteiger partial charge in [0.25, 0.3) is 0 Å². The highest BCUT2D eigenvalue weighted by molar-refractivity contribution is 6.42. The molecule has 0 bridgehead atoms. The van der Waals surface area contributed by atoms with Crippen LogP contribution in [-0.4, -0.2) is 49.3 Å². The molecule has 1 fully saturated rings. The molecule has 1 saturated heterocycles. The fourth-order valence-electron chi connectivity index (χ4n) is 6.34.